The number of anilines is 1. The Labute approximate surface area is 143 Å². The van der Waals surface area contributed by atoms with Crippen LogP contribution in [0.1, 0.15) is 13.3 Å². The summed E-state index contributed by atoms with van der Waals surface area (Å²) in [6.45, 7) is 1.90. The van der Waals surface area contributed by atoms with Crippen LogP contribution in [-0.4, -0.2) is 16.6 Å². The van der Waals surface area contributed by atoms with Crippen LogP contribution in [0.4, 0.5) is 5.69 Å². The van der Waals surface area contributed by atoms with E-state index in [0.29, 0.717) is 17.9 Å². The number of carbonyl (C=O) groups excluding carboxylic acids is 1. The fourth-order valence-corrected chi connectivity index (χ4v) is 3.34. The number of hydrogen-bond acceptors (Lipinski definition) is 4. The highest BCUT2D eigenvalue weighted by Crippen LogP contribution is 2.22. The number of fused-ring (bicyclic) bond motifs is 1. The van der Waals surface area contributed by atoms with Crippen LogP contribution in [-0.2, 0) is 11.8 Å². The van der Waals surface area contributed by atoms with Crippen molar-refractivity contribution in [3.63, 3.8) is 0 Å². The van der Waals surface area contributed by atoms with E-state index in [1.807, 2.05) is 49.4 Å². The van der Waals surface area contributed by atoms with Crippen LogP contribution in [0.5, 0.6) is 5.75 Å². The van der Waals surface area contributed by atoms with Gasteiger partial charge >= 0.3 is 4.87 Å². The molecule has 1 aromatic heterocycles. The second-order valence-corrected chi connectivity index (χ2v) is 6.42. The first kappa shape index (κ1) is 16.3. The zero-order valence-corrected chi connectivity index (χ0v) is 14.3. The van der Waals surface area contributed by atoms with Crippen molar-refractivity contribution in [3.8, 4) is 5.75 Å². The second kappa shape index (κ2) is 6.88. The normalized spacial score (nSPS) is 12.1. The first-order valence-electron chi connectivity index (χ1n) is 7.70. The maximum Gasteiger partial charge on any atom is 0.307 e. The van der Waals surface area contributed by atoms with E-state index in [0.717, 1.165) is 21.6 Å². The van der Waals surface area contributed by atoms with Crippen molar-refractivity contribution in [2.75, 3.05) is 5.32 Å². The molecule has 0 bridgehead atoms. The van der Waals surface area contributed by atoms with E-state index in [-0.39, 0.29) is 10.8 Å². The van der Waals surface area contributed by atoms with Gasteiger partial charge in [0.1, 0.15) is 5.75 Å². The molecule has 3 rings (SSSR count). The van der Waals surface area contributed by atoms with Gasteiger partial charge < -0.3 is 14.6 Å². The van der Waals surface area contributed by atoms with Crippen LogP contribution in [0.2, 0.25) is 0 Å². The molecule has 1 heterocycles. The molecule has 0 fully saturated rings. The molecule has 0 aliphatic carbocycles. The lowest BCUT2D eigenvalue weighted by atomic mass is 10.2. The molecule has 6 heteroatoms. The molecule has 24 heavy (non-hydrogen) atoms. The minimum absolute atomic E-state index is 0.0210. The van der Waals surface area contributed by atoms with Crippen molar-refractivity contribution in [3.05, 3.63) is 58.2 Å². The summed E-state index contributed by atoms with van der Waals surface area (Å²) in [5, 5.41) is 2.87. The molecular formula is C18H18N2O3S. The molecule has 1 N–H and O–H groups in total. The minimum Gasteiger partial charge on any atom is -0.481 e. The van der Waals surface area contributed by atoms with Gasteiger partial charge in [0.25, 0.3) is 5.91 Å². The molecule has 1 atom stereocenters. The highest BCUT2D eigenvalue weighted by molar-refractivity contribution is 7.16. The monoisotopic (exact) mass is 342 g/mol. The molecule has 124 valence electrons. The quantitative estimate of drug-likeness (QED) is 0.773. The number of benzene rings is 2. The Morgan fingerprint density at radius 2 is 2.00 bits per heavy atom. The molecule has 3 aromatic rings. The number of nitrogens with one attached hydrogen (secondary N) is 1. The number of ether oxygens (including phenoxy) is 1. The molecule has 0 saturated heterocycles. The van der Waals surface area contributed by atoms with Gasteiger partial charge in [-0.3, -0.25) is 9.59 Å². The highest BCUT2D eigenvalue weighted by atomic mass is 32.1. The number of rotatable bonds is 5. The molecule has 0 aliphatic rings. The summed E-state index contributed by atoms with van der Waals surface area (Å²) in [6.07, 6.45) is -0.0145. The Hall–Kier alpha value is -2.60. The van der Waals surface area contributed by atoms with Gasteiger partial charge in [-0.15, -0.1) is 0 Å². The lowest BCUT2D eigenvalue weighted by molar-refractivity contribution is -0.122. The van der Waals surface area contributed by atoms with Crippen molar-refractivity contribution in [1.82, 2.24) is 4.57 Å². The maximum absolute atomic E-state index is 12.5. The summed E-state index contributed by atoms with van der Waals surface area (Å²) in [5.41, 5.74) is 1.51. The molecular weight excluding hydrogens is 324 g/mol. The molecule has 2 aromatic carbocycles. The van der Waals surface area contributed by atoms with Crippen LogP contribution in [0.3, 0.4) is 0 Å². The number of para-hydroxylation sites is 1. The lowest BCUT2D eigenvalue weighted by Gasteiger charge is -2.17. The van der Waals surface area contributed by atoms with Gasteiger partial charge in [-0.05, 0) is 36.8 Å². The Morgan fingerprint density at radius 1 is 1.25 bits per heavy atom. The topological polar surface area (TPSA) is 60.3 Å². The van der Waals surface area contributed by atoms with E-state index >= 15 is 0 Å². The zero-order chi connectivity index (χ0) is 17.1. The summed E-state index contributed by atoms with van der Waals surface area (Å²) in [6, 6.07) is 14.7. The predicted octanol–water partition coefficient (Wildman–Crippen LogP) is 3.40. The smallest absolute Gasteiger partial charge is 0.307 e. The van der Waals surface area contributed by atoms with Gasteiger partial charge in [0.2, 0.25) is 0 Å². The number of amides is 1. The van der Waals surface area contributed by atoms with Crippen LogP contribution >= 0.6 is 11.3 Å². The standard InChI is InChI=1S/C18H18N2O3S/c1-3-15(23-13-7-5-4-6-8-13)17(21)19-12-9-10-14-16(11-12)24-18(22)20(14)2/h4-11,15H,3H2,1-2H3,(H,19,21)/t15-/m0/s1. The number of aromatic nitrogens is 1. The highest BCUT2D eigenvalue weighted by Gasteiger charge is 2.18. The Bertz CT molecular complexity index is 915. The van der Waals surface area contributed by atoms with Crippen molar-refractivity contribution in [2.24, 2.45) is 7.05 Å². The fourth-order valence-electron chi connectivity index (χ4n) is 2.42. The molecule has 0 saturated carbocycles. The third-order valence-electron chi connectivity index (χ3n) is 3.74. The summed E-state index contributed by atoms with van der Waals surface area (Å²) >= 11 is 1.16. The van der Waals surface area contributed by atoms with E-state index in [1.54, 1.807) is 17.7 Å². The molecule has 0 spiro atoms. The maximum atomic E-state index is 12.5. The molecule has 1 amide bonds. The number of thiazole rings is 1. The lowest BCUT2D eigenvalue weighted by Crippen LogP contribution is -2.32. The van der Waals surface area contributed by atoms with Crippen molar-refractivity contribution in [2.45, 2.75) is 19.4 Å². The summed E-state index contributed by atoms with van der Waals surface area (Å²) in [7, 11) is 1.74. The van der Waals surface area contributed by atoms with Gasteiger partial charge in [-0.25, -0.2) is 0 Å². The minimum atomic E-state index is -0.572. The fraction of sp³-hybridized carbons (Fsp3) is 0.222. The van der Waals surface area contributed by atoms with Gasteiger partial charge in [0.05, 0.1) is 10.2 Å². The summed E-state index contributed by atoms with van der Waals surface area (Å²) in [5.74, 6) is 0.459. The van der Waals surface area contributed by atoms with E-state index in [9.17, 15) is 9.59 Å². The Balaban J connectivity index is 1.76. The zero-order valence-electron chi connectivity index (χ0n) is 13.5. The van der Waals surface area contributed by atoms with Crippen LogP contribution < -0.4 is 14.9 Å². The molecule has 0 unspecified atom stereocenters. The van der Waals surface area contributed by atoms with Crippen LogP contribution in [0, 0.1) is 0 Å². The average Bonchev–Trinajstić information content (AvgIpc) is 2.87. The third kappa shape index (κ3) is 3.33. The van der Waals surface area contributed by atoms with Crippen LogP contribution in [0.15, 0.2) is 53.3 Å². The van der Waals surface area contributed by atoms with E-state index in [1.165, 1.54) is 0 Å². The van der Waals surface area contributed by atoms with Gasteiger partial charge in [-0.2, -0.15) is 0 Å². The van der Waals surface area contributed by atoms with Gasteiger partial charge in [-0.1, -0.05) is 36.5 Å². The Morgan fingerprint density at radius 3 is 2.71 bits per heavy atom. The predicted molar refractivity (Wildman–Crippen MR) is 96.8 cm³/mol. The van der Waals surface area contributed by atoms with Crippen molar-refractivity contribution < 1.29 is 9.53 Å². The summed E-state index contributed by atoms with van der Waals surface area (Å²) < 4.78 is 8.19. The third-order valence-corrected chi connectivity index (χ3v) is 4.74. The second-order valence-electron chi connectivity index (χ2n) is 5.43. The van der Waals surface area contributed by atoms with Gasteiger partial charge in [0, 0.05) is 12.7 Å². The number of aryl methyl sites for hydroxylation is 1. The van der Waals surface area contributed by atoms with Crippen molar-refractivity contribution in [1.29, 1.82) is 0 Å². The summed E-state index contributed by atoms with van der Waals surface area (Å²) in [4.78, 5) is 24.1. The number of carbonyl (C=O) groups is 1. The van der Waals surface area contributed by atoms with Crippen molar-refractivity contribution >= 4 is 33.1 Å². The van der Waals surface area contributed by atoms with E-state index in [2.05, 4.69) is 5.32 Å². The van der Waals surface area contributed by atoms with E-state index < -0.39 is 6.10 Å². The first-order chi connectivity index (χ1) is 11.6. The Kier molecular flexibility index (Phi) is 4.66. The number of hydrogen-bond donors (Lipinski definition) is 1. The average molecular weight is 342 g/mol. The largest absolute Gasteiger partial charge is 0.481 e. The molecule has 0 aliphatic heterocycles. The molecule has 0 radical (unpaired) electrons. The number of nitrogens with zero attached hydrogens (tertiary/aromatic N) is 1. The SMILES string of the molecule is CC[C@H](Oc1ccccc1)C(=O)Nc1ccc2c(c1)sc(=O)n2C. The molecule has 5 nitrogen and oxygen atoms in total. The first-order valence-corrected chi connectivity index (χ1v) is 8.52. The van der Waals surface area contributed by atoms with E-state index in [4.69, 9.17) is 4.74 Å². The van der Waals surface area contributed by atoms with Gasteiger partial charge in [0.15, 0.2) is 6.10 Å². The van der Waals surface area contributed by atoms with Crippen LogP contribution in [0.25, 0.3) is 10.2 Å².